The number of ketones is 1. The molecule has 7 heteroatoms. The molecule has 1 unspecified atom stereocenters. The quantitative estimate of drug-likeness (QED) is 0.266. The van der Waals surface area contributed by atoms with Gasteiger partial charge in [0.15, 0.2) is 11.3 Å². The van der Waals surface area contributed by atoms with Crippen molar-refractivity contribution in [1.29, 1.82) is 0 Å². The minimum Gasteiger partial charge on any atom is -0.379 e. The molecule has 2 aliphatic rings. The molecule has 0 bridgehead atoms. The van der Waals surface area contributed by atoms with Crippen LogP contribution in [0.25, 0.3) is 0 Å². The molecule has 1 aliphatic heterocycles. The lowest BCUT2D eigenvalue weighted by Crippen LogP contribution is -2.51. The number of morpholine rings is 1. The molecule has 5 rings (SSSR count). The molecular formula is C35H43N2O4P. The van der Waals surface area contributed by atoms with Gasteiger partial charge in [0, 0.05) is 45.6 Å². The summed E-state index contributed by atoms with van der Waals surface area (Å²) in [7, 11) is 0.254. The summed E-state index contributed by atoms with van der Waals surface area (Å²) < 4.78 is 5.45. The van der Waals surface area contributed by atoms with Gasteiger partial charge in [0.1, 0.15) is 0 Å². The number of aryl methyl sites for hydroxylation is 2. The molecule has 1 atom stereocenters. The highest BCUT2D eigenvalue weighted by molar-refractivity contribution is 7.88. The Morgan fingerprint density at radius 1 is 0.810 bits per heavy atom. The van der Waals surface area contributed by atoms with Crippen molar-refractivity contribution in [2.75, 3.05) is 33.4 Å². The largest absolute Gasteiger partial charge is 0.379 e. The number of carbonyl (C=O) groups excluding carboxylic acids is 3. The van der Waals surface area contributed by atoms with E-state index in [4.69, 9.17) is 4.74 Å². The fourth-order valence-electron chi connectivity index (χ4n) is 5.56. The molecule has 0 spiro atoms. The summed E-state index contributed by atoms with van der Waals surface area (Å²) in [6.07, 6.45) is 6.05. The standard InChI is InChI=1S/C31H35N2O4P.C4H8/c1-21-19-22(2)29(31(36)38(24-11-7-5-8-12-24)25-13-9-6-10-14-25)23(3)28(21)27(34)20-26(30(35)32-4)33-15-17-37-18-16-33;1-2-4-3-1/h5-14,19,26H,15-18,20H2,1-4H3,(H,32,35);1-4H2. The number of ether oxygens (including phenoxy) is 1. The van der Waals surface area contributed by atoms with Gasteiger partial charge in [-0.2, -0.15) is 0 Å². The first-order chi connectivity index (χ1) is 20.3. The molecule has 0 radical (unpaired) electrons. The second-order valence-electron chi connectivity index (χ2n) is 11.0. The maximum absolute atomic E-state index is 14.3. The predicted molar refractivity (Wildman–Crippen MR) is 172 cm³/mol. The fraction of sp³-hybridized carbons (Fsp3) is 0.400. The van der Waals surface area contributed by atoms with Crippen molar-refractivity contribution in [3.05, 3.63) is 94.5 Å². The summed E-state index contributed by atoms with van der Waals surface area (Å²) in [6, 6.07) is 21.0. The van der Waals surface area contributed by atoms with E-state index in [0.29, 0.717) is 43.0 Å². The van der Waals surface area contributed by atoms with Crippen LogP contribution in [0.2, 0.25) is 0 Å². The van der Waals surface area contributed by atoms with E-state index >= 15 is 0 Å². The zero-order valence-corrected chi connectivity index (χ0v) is 26.2. The van der Waals surface area contributed by atoms with Crippen LogP contribution in [0.1, 0.15) is 69.5 Å². The van der Waals surface area contributed by atoms with Gasteiger partial charge < -0.3 is 10.1 Å². The molecule has 3 aromatic rings. The molecule has 1 saturated heterocycles. The van der Waals surface area contributed by atoms with E-state index in [1.165, 1.54) is 25.7 Å². The second kappa shape index (κ2) is 15.3. The molecule has 222 valence electrons. The summed E-state index contributed by atoms with van der Waals surface area (Å²) in [4.78, 5) is 42.9. The van der Waals surface area contributed by atoms with Crippen LogP contribution in [-0.4, -0.2) is 61.5 Å². The van der Waals surface area contributed by atoms with Gasteiger partial charge in [0.05, 0.1) is 19.3 Å². The minimum absolute atomic E-state index is 0.0254. The van der Waals surface area contributed by atoms with Crippen LogP contribution in [0, 0.1) is 20.8 Å². The number of nitrogens with one attached hydrogen (secondary N) is 1. The third-order valence-corrected chi connectivity index (χ3v) is 10.4. The lowest BCUT2D eigenvalue weighted by Gasteiger charge is -2.33. The van der Waals surface area contributed by atoms with Crippen molar-refractivity contribution in [1.82, 2.24) is 10.2 Å². The maximum atomic E-state index is 14.3. The molecule has 1 heterocycles. The van der Waals surface area contributed by atoms with Crippen LogP contribution in [-0.2, 0) is 9.53 Å². The number of rotatable bonds is 9. The van der Waals surface area contributed by atoms with E-state index in [0.717, 1.165) is 21.7 Å². The molecular weight excluding hydrogens is 543 g/mol. The van der Waals surface area contributed by atoms with E-state index in [-0.39, 0.29) is 23.6 Å². The molecule has 1 amide bonds. The third-order valence-electron chi connectivity index (χ3n) is 8.11. The van der Waals surface area contributed by atoms with E-state index < -0.39 is 14.0 Å². The van der Waals surface area contributed by atoms with Crippen molar-refractivity contribution in [3.8, 4) is 0 Å². The fourth-order valence-corrected chi connectivity index (χ4v) is 7.84. The predicted octanol–water partition coefficient (Wildman–Crippen LogP) is 5.46. The first-order valence-electron chi connectivity index (χ1n) is 15.0. The number of hydrogen-bond acceptors (Lipinski definition) is 5. The number of Topliss-reactive ketones (excluding diaryl/α,β-unsaturated/α-hetero) is 1. The summed E-state index contributed by atoms with van der Waals surface area (Å²) in [5.74, 6) is -0.312. The number of benzene rings is 3. The van der Waals surface area contributed by atoms with Gasteiger partial charge in [-0.1, -0.05) is 92.4 Å². The van der Waals surface area contributed by atoms with Gasteiger partial charge in [-0.05, 0) is 48.1 Å². The molecule has 1 saturated carbocycles. The summed E-state index contributed by atoms with van der Waals surface area (Å²) in [5.41, 5.74) is 3.53. The number of nitrogens with zero attached hydrogens (tertiary/aromatic N) is 1. The van der Waals surface area contributed by atoms with Crippen molar-refractivity contribution < 1.29 is 19.1 Å². The molecule has 3 aromatic carbocycles. The highest BCUT2D eigenvalue weighted by Gasteiger charge is 2.32. The van der Waals surface area contributed by atoms with Gasteiger partial charge in [-0.25, -0.2) is 0 Å². The Labute approximate surface area is 251 Å². The second-order valence-corrected chi connectivity index (χ2v) is 13.1. The Morgan fingerprint density at radius 3 is 1.79 bits per heavy atom. The highest BCUT2D eigenvalue weighted by Crippen LogP contribution is 2.40. The molecule has 1 aliphatic carbocycles. The van der Waals surface area contributed by atoms with Crippen LogP contribution < -0.4 is 15.9 Å². The van der Waals surface area contributed by atoms with Crippen molar-refractivity contribution in [3.63, 3.8) is 0 Å². The van der Waals surface area contributed by atoms with E-state index in [9.17, 15) is 14.4 Å². The Hall–Kier alpha value is -3.18. The van der Waals surface area contributed by atoms with Crippen LogP contribution in [0.3, 0.4) is 0 Å². The summed E-state index contributed by atoms with van der Waals surface area (Å²) in [6.45, 7) is 7.97. The molecule has 2 fully saturated rings. The lowest BCUT2D eigenvalue weighted by atomic mass is 9.89. The van der Waals surface area contributed by atoms with Gasteiger partial charge in [-0.3, -0.25) is 19.3 Å². The van der Waals surface area contributed by atoms with Gasteiger partial charge in [-0.15, -0.1) is 0 Å². The Kier molecular flexibility index (Phi) is 11.6. The molecule has 42 heavy (non-hydrogen) atoms. The van der Waals surface area contributed by atoms with Gasteiger partial charge in [0.2, 0.25) is 5.91 Å². The average molecular weight is 587 g/mol. The minimum atomic E-state index is -1.34. The Balaban J connectivity index is 0.000000932. The highest BCUT2D eigenvalue weighted by atomic mass is 31.1. The average Bonchev–Trinajstić information content (AvgIpc) is 2.96. The van der Waals surface area contributed by atoms with Crippen LogP contribution in [0.15, 0.2) is 66.7 Å². The normalized spacial score (nSPS) is 15.6. The van der Waals surface area contributed by atoms with Crippen molar-refractivity contribution in [2.24, 2.45) is 0 Å². The van der Waals surface area contributed by atoms with E-state index in [1.807, 2.05) is 92.4 Å². The third kappa shape index (κ3) is 7.60. The van der Waals surface area contributed by atoms with E-state index in [2.05, 4.69) is 5.32 Å². The van der Waals surface area contributed by atoms with Crippen LogP contribution in [0.4, 0.5) is 0 Å². The van der Waals surface area contributed by atoms with Gasteiger partial charge in [0.25, 0.3) is 0 Å². The molecule has 0 aromatic heterocycles. The number of hydrogen-bond donors (Lipinski definition) is 1. The first kappa shape index (κ1) is 31.7. The zero-order valence-electron chi connectivity index (χ0n) is 25.3. The monoisotopic (exact) mass is 586 g/mol. The number of carbonyl (C=O) groups is 3. The lowest BCUT2D eigenvalue weighted by molar-refractivity contribution is -0.127. The van der Waals surface area contributed by atoms with Crippen molar-refractivity contribution >= 4 is 35.7 Å². The molecule has 1 N–H and O–H groups in total. The SMILES string of the molecule is C1CCC1.CNC(=O)C(CC(=O)c1c(C)cc(C)c(C(=O)P(c2ccccc2)c2ccccc2)c1C)N1CCOCC1. The van der Waals surface area contributed by atoms with E-state index in [1.54, 1.807) is 7.05 Å². The Bertz CT molecular complexity index is 1320. The first-order valence-corrected chi connectivity index (χ1v) is 16.3. The number of likely N-dealkylation sites (N-methyl/N-ethyl adjacent to an activating group) is 1. The van der Waals surface area contributed by atoms with Crippen LogP contribution in [0.5, 0.6) is 0 Å². The smallest absolute Gasteiger partial charge is 0.237 e. The zero-order chi connectivity index (χ0) is 30.1. The molecule has 6 nitrogen and oxygen atoms in total. The maximum Gasteiger partial charge on any atom is 0.237 e. The number of amides is 1. The van der Waals surface area contributed by atoms with Crippen LogP contribution >= 0.6 is 7.92 Å². The summed E-state index contributed by atoms with van der Waals surface area (Å²) >= 11 is 0. The van der Waals surface area contributed by atoms with Crippen molar-refractivity contribution in [2.45, 2.75) is 58.9 Å². The Morgan fingerprint density at radius 2 is 1.31 bits per heavy atom. The topological polar surface area (TPSA) is 75.7 Å². The van der Waals surface area contributed by atoms with Gasteiger partial charge >= 0.3 is 0 Å². The summed E-state index contributed by atoms with van der Waals surface area (Å²) in [5, 5.41) is 4.65.